The van der Waals surface area contributed by atoms with E-state index in [1.165, 1.54) is 6.42 Å². The quantitative estimate of drug-likeness (QED) is 0.445. The largest absolute Gasteiger partial charge is 0.365 e. The summed E-state index contributed by atoms with van der Waals surface area (Å²) >= 11 is 0. The van der Waals surface area contributed by atoms with Crippen molar-refractivity contribution in [2.75, 3.05) is 0 Å². The molecule has 1 atom stereocenters. The van der Waals surface area contributed by atoms with E-state index in [-0.39, 0.29) is 11.2 Å². The van der Waals surface area contributed by atoms with E-state index in [0.717, 1.165) is 12.8 Å². The summed E-state index contributed by atoms with van der Waals surface area (Å²) in [7, 11) is 0. The van der Waals surface area contributed by atoms with Gasteiger partial charge in [0.1, 0.15) is 0 Å². The van der Waals surface area contributed by atoms with Crippen molar-refractivity contribution in [3.05, 3.63) is 12.7 Å². The van der Waals surface area contributed by atoms with Gasteiger partial charge in [-0.1, -0.05) is 6.08 Å². The molecule has 0 amide bonds. The topological polar surface area (TPSA) is 9.23 Å². The first-order chi connectivity index (χ1) is 5.97. The molecule has 74 valence electrons. The summed E-state index contributed by atoms with van der Waals surface area (Å²) in [4.78, 5) is 0. The Hall–Kier alpha value is -0.740. The fourth-order valence-electron chi connectivity index (χ4n) is 1.74. The molecule has 1 heteroatoms. The van der Waals surface area contributed by atoms with Crippen molar-refractivity contribution >= 4 is 0 Å². The van der Waals surface area contributed by atoms with Crippen LogP contribution in [-0.4, -0.2) is 11.2 Å². The fourth-order valence-corrected chi connectivity index (χ4v) is 1.74. The highest BCUT2D eigenvalue weighted by Gasteiger charge is 2.34. The first-order valence-corrected chi connectivity index (χ1v) is 4.65. The molecule has 1 nitrogen and oxygen atoms in total. The Morgan fingerprint density at radius 2 is 1.77 bits per heavy atom. The molecule has 0 saturated carbocycles. The zero-order valence-electron chi connectivity index (χ0n) is 8.97. The number of hydrogen-bond donors (Lipinski definition) is 0. The molecule has 1 unspecified atom stereocenters. The summed E-state index contributed by atoms with van der Waals surface area (Å²) in [6.45, 7) is 10.2. The van der Waals surface area contributed by atoms with Gasteiger partial charge in [-0.3, -0.25) is 0 Å². The van der Waals surface area contributed by atoms with Crippen molar-refractivity contribution in [1.29, 1.82) is 0 Å². The van der Waals surface area contributed by atoms with E-state index in [2.05, 4.69) is 40.2 Å². The second-order valence-electron chi connectivity index (χ2n) is 4.23. The summed E-state index contributed by atoms with van der Waals surface area (Å²) in [5.41, 5.74) is -0.0388. The molecular formula is C12H20O. The van der Waals surface area contributed by atoms with Crippen LogP contribution in [0.1, 0.15) is 40.0 Å². The highest BCUT2D eigenvalue weighted by atomic mass is 16.5. The Balaban J connectivity index is 0.000000671. The molecule has 0 N–H and O–H groups in total. The minimum Gasteiger partial charge on any atom is -0.365 e. The van der Waals surface area contributed by atoms with Gasteiger partial charge in [0.2, 0.25) is 0 Å². The smallest absolute Gasteiger partial charge is 0.0839 e. The van der Waals surface area contributed by atoms with Crippen molar-refractivity contribution in [1.82, 2.24) is 0 Å². The maximum Gasteiger partial charge on any atom is 0.0839 e. The van der Waals surface area contributed by atoms with E-state index in [1.807, 2.05) is 6.08 Å². The van der Waals surface area contributed by atoms with E-state index < -0.39 is 0 Å². The molecular weight excluding hydrogens is 160 g/mol. The molecule has 0 spiro atoms. The van der Waals surface area contributed by atoms with Crippen molar-refractivity contribution < 1.29 is 4.74 Å². The van der Waals surface area contributed by atoms with Gasteiger partial charge in [-0.25, -0.2) is 0 Å². The van der Waals surface area contributed by atoms with Crippen LogP contribution in [0.3, 0.4) is 0 Å². The van der Waals surface area contributed by atoms with Gasteiger partial charge < -0.3 is 4.74 Å². The summed E-state index contributed by atoms with van der Waals surface area (Å²) in [6.07, 6.45) is 13.4. The zero-order valence-corrected chi connectivity index (χ0v) is 8.97. The number of rotatable bonds is 1. The number of hydrogen-bond acceptors (Lipinski definition) is 1. The van der Waals surface area contributed by atoms with E-state index in [0.29, 0.717) is 0 Å². The molecule has 0 aromatic heterocycles. The SMILES string of the molecule is C#C.C=CC1(C)CCCC(C)(C)O1. The van der Waals surface area contributed by atoms with Crippen LogP contribution in [0.5, 0.6) is 0 Å². The lowest BCUT2D eigenvalue weighted by molar-refractivity contribution is -0.139. The van der Waals surface area contributed by atoms with Gasteiger partial charge in [0.05, 0.1) is 11.2 Å². The molecule has 0 aromatic carbocycles. The predicted octanol–water partition coefficient (Wildman–Crippen LogP) is 3.16. The van der Waals surface area contributed by atoms with Crippen LogP contribution >= 0.6 is 0 Å². The van der Waals surface area contributed by atoms with Crippen LogP contribution in [0, 0.1) is 12.8 Å². The minimum absolute atomic E-state index is 0.0428. The van der Waals surface area contributed by atoms with Gasteiger partial charge in [-0.15, -0.1) is 19.4 Å². The van der Waals surface area contributed by atoms with Crippen LogP contribution in [0.2, 0.25) is 0 Å². The van der Waals surface area contributed by atoms with Crippen LogP contribution in [0.25, 0.3) is 0 Å². The normalized spacial score (nSPS) is 31.2. The molecule has 0 aromatic rings. The maximum atomic E-state index is 5.89. The highest BCUT2D eigenvalue weighted by molar-refractivity contribution is 4.98. The van der Waals surface area contributed by atoms with Crippen molar-refractivity contribution in [2.45, 2.75) is 51.2 Å². The van der Waals surface area contributed by atoms with E-state index in [1.54, 1.807) is 0 Å². The molecule has 13 heavy (non-hydrogen) atoms. The zero-order chi connectivity index (χ0) is 10.5. The molecule has 0 aliphatic carbocycles. The second-order valence-corrected chi connectivity index (χ2v) is 4.23. The van der Waals surface area contributed by atoms with Gasteiger partial charge in [-0.2, -0.15) is 0 Å². The first-order valence-electron chi connectivity index (χ1n) is 4.65. The lowest BCUT2D eigenvalue weighted by atomic mass is 9.88. The average Bonchev–Trinajstić information content (AvgIpc) is 2.06. The lowest BCUT2D eigenvalue weighted by Gasteiger charge is -2.41. The van der Waals surface area contributed by atoms with Crippen molar-refractivity contribution in [2.24, 2.45) is 0 Å². The number of terminal acetylenes is 1. The lowest BCUT2D eigenvalue weighted by Crippen LogP contribution is -2.41. The predicted molar refractivity (Wildman–Crippen MR) is 57.5 cm³/mol. The van der Waals surface area contributed by atoms with E-state index in [9.17, 15) is 0 Å². The third-order valence-corrected chi connectivity index (χ3v) is 2.39. The van der Waals surface area contributed by atoms with E-state index >= 15 is 0 Å². The molecule has 1 aliphatic rings. The third kappa shape index (κ3) is 3.65. The van der Waals surface area contributed by atoms with Crippen LogP contribution in [0.15, 0.2) is 12.7 Å². The van der Waals surface area contributed by atoms with Crippen LogP contribution in [-0.2, 0) is 4.74 Å². The second kappa shape index (κ2) is 4.48. The third-order valence-electron chi connectivity index (χ3n) is 2.39. The van der Waals surface area contributed by atoms with Gasteiger partial charge >= 0.3 is 0 Å². The van der Waals surface area contributed by atoms with Crippen molar-refractivity contribution in [3.63, 3.8) is 0 Å². The van der Waals surface area contributed by atoms with E-state index in [4.69, 9.17) is 4.74 Å². The van der Waals surface area contributed by atoms with Gasteiger partial charge in [0.15, 0.2) is 0 Å². The Morgan fingerprint density at radius 1 is 1.23 bits per heavy atom. The summed E-state index contributed by atoms with van der Waals surface area (Å²) in [5.74, 6) is 0. The maximum absolute atomic E-state index is 5.89. The minimum atomic E-state index is -0.0816. The fraction of sp³-hybridized carbons (Fsp3) is 0.667. The van der Waals surface area contributed by atoms with Crippen LogP contribution < -0.4 is 0 Å². The standard InChI is InChI=1S/C10H18O.C2H2/c1-5-10(4)8-6-7-9(2,3)11-10;1-2/h5H,1,6-8H2,2-4H3;1-2H. The summed E-state index contributed by atoms with van der Waals surface area (Å²) in [6, 6.07) is 0. The summed E-state index contributed by atoms with van der Waals surface area (Å²) < 4.78 is 5.89. The molecule has 1 rings (SSSR count). The number of ether oxygens (including phenoxy) is 1. The summed E-state index contributed by atoms with van der Waals surface area (Å²) in [5, 5.41) is 0. The molecule has 0 bridgehead atoms. The van der Waals surface area contributed by atoms with Gasteiger partial charge in [-0.05, 0) is 40.0 Å². The molecule has 1 aliphatic heterocycles. The molecule has 0 radical (unpaired) electrons. The Labute approximate surface area is 82.2 Å². The van der Waals surface area contributed by atoms with Crippen LogP contribution in [0.4, 0.5) is 0 Å². The molecule has 1 saturated heterocycles. The average molecular weight is 180 g/mol. The van der Waals surface area contributed by atoms with Gasteiger partial charge in [0.25, 0.3) is 0 Å². The molecule has 1 fully saturated rings. The Bertz CT molecular complexity index is 191. The molecule has 1 heterocycles. The monoisotopic (exact) mass is 180 g/mol. The highest BCUT2D eigenvalue weighted by Crippen LogP contribution is 2.35. The Kier molecular flexibility index (Phi) is 4.23. The van der Waals surface area contributed by atoms with Crippen molar-refractivity contribution in [3.8, 4) is 12.8 Å². The van der Waals surface area contributed by atoms with Gasteiger partial charge in [0, 0.05) is 0 Å². The Morgan fingerprint density at radius 3 is 2.08 bits per heavy atom. The first kappa shape index (κ1) is 12.3.